The van der Waals surface area contributed by atoms with Gasteiger partial charge < -0.3 is 25.4 Å². The zero-order chi connectivity index (χ0) is 15.9. The van der Waals surface area contributed by atoms with E-state index in [1.54, 1.807) is 4.57 Å². The van der Waals surface area contributed by atoms with Crippen LogP contribution in [-0.2, 0) is 13.8 Å². The summed E-state index contributed by atoms with van der Waals surface area (Å²) in [6, 6.07) is 0. The number of aromatic nitrogens is 4. The molecule has 0 spiro atoms. The van der Waals surface area contributed by atoms with E-state index in [0.29, 0.717) is 11.2 Å². The van der Waals surface area contributed by atoms with Gasteiger partial charge in [0.2, 0.25) is 0 Å². The molecule has 0 unspecified atom stereocenters. The average molecular weight is 354 g/mol. The summed E-state index contributed by atoms with van der Waals surface area (Å²) in [5.41, 5.74) is 6.55. The molecule has 0 aromatic carbocycles. The molecule has 0 bridgehead atoms. The van der Waals surface area contributed by atoms with Crippen molar-refractivity contribution in [2.24, 2.45) is 0 Å². The van der Waals surface area contributed by atoms with Gasteiger partial charge in [-0.2, -0.15) is 0 Å². The number of fused-ring (bicyclic) bond motifs is 1. The average Bonchev–Trinajstić information content (AvgIpc) is 3.00. The maximum absolute atomic E-state index is 10.7. The molecule has 3 rings (SSSR count). The number of ether oxygens (including phenoxy) is 1. The predicted molar refractivity (Wildman–Crippen MR) is 78.0 cm³/mol. The Morgan fingerprint density at radius 2 is 2.17 bits per heavy atom. The molecule has 1 aliphatic rings. The van der Waals surface area contributed by atoms with E-state index >= 15 is 0 Å². The Kier molecular flexibility index (Phi) is 5.77. The van der Waals surface area contributed by atoms with E-state index < -0.39 is 32.9 Å². The van der Waals surface area contributed by atoms with Crippen LogP contribution in [0.2, 0.25) is 0 Å². The minimum Gasteiger partial charge on any atom is -0.390 e. The van der Waals surface area contributed by atoms with Gasteiger partial charge in [0, 0.05) is 36.0 Å². The van der Waals surface area contributed by atoms with Crippen molar-refractivity contribution in [1.29, 1.82) is 0 Å². The van der Waals surface area contributed by atoms with Crippen molar-refractivity contribution in [3.8, 4) is 0 Å². The topological polar surface area (TPSA) is 166 Å². The van der Waals surface area contributed by atoms with Gasteiger partial charge >= 0.3 is 7.82 Å². The molecular weight excluding hydrogens is 340 g/mol. The molecule has 121 valence electrons. The van der Waals surface area contributed by atoms with Crippen LogP contribution < -0.4 is 5.73 Å². The van der Waals surface area contributed by atoms with Gasteiger partial charge in [-0.15, -0.1) is 0 Å². The fourth-order valence-electron chi connectivity index (χ4n) is 2.29. The quantitative estimate of drug-likeness (QED) is 0.386. The summed E-state index contributed by atoms with van der Waals surface area (Å²) in [6.45, 7) is -0.425. The fourth-order valence-corrected chi connectivity index (χ4v) is 2.63. The summed E-state index contributed by atoms with van der Waals surface area (Å²) in [5, 5.41) is 9.93. The maximum Gasteiger partial charge on any atom is 0.469 e. The second-order valence-electron chi connectivity index (χ2n) is 4.80. The van der Waals surface area contributed by atoms with E-state index in [0.717, 1.165) is 0 Å². The molecule has 23 heavy (non-hydrogen) atoms. The molecular formula is C10H14N5NaO6P. The van der Waals surface area contributed by atoms with Crippen LogP contribution in [0.25, 0.3) is 11.2 Å². The third-order valence-corrected chi connectivity index (χ3v) is 3.79. The SMILES string of the molecule is Nc1ncnc2c1ncn2[C@H]1C[C@H](O)[C@@H](COP(=O)(O)O)O1.[Na]. The molecule has 2 aromatic rings. The Morgan fingerprint density at radius 3 is 2.87 bits per heavy atom. The van der Waals surface area contributed by atoms with E-state index in [4.69, 9.17) is 20.3 Å². The number of anilines is 1. The number of rotatable bonds is 4. The molecule has 13 heteroatoms. The fraction of sp³-hybridized carbons (Fsp3) is 0.500. The number of aliphatic hydroxyl groups excluding tert-OH is 1. The number of nitrogen functional groups attached to an aromatic ring is 1. The van der Waals surface area contributed by atoms with Crippen molar-refractivity contribution in [2.75, 3.05) is 12.3 Å². The number of phosphoric acid groups is 1. The van der Waals surface area contributed by atoms with E-state index in [9.17, 15) is 9.67 Å². The van der Waals surface area contributed by atoms with Gasteiger partial charge in [-0.3, -0.25) is 9.09 Å². The smallest absolute Gasteiger partial charge is 0.390 e. The molecule has 1 aliphatic heterocycles. The van der Waals surface area contributed by atoms with Crippen LogP contribution in [0.3, 0.4) is 0 Å². The van der Waals surface area contributed by atoms with Crippen LogP contribution in [0.1, 0.15) is 12.6 Å². The van der Waals surface area contributed by atoms with Gasteiger partial charge in [-0.25, -0.2) is 19.5 Å². The first kappa shape index (κ1) is 18.7. The minimum absolute atomic E-state index is 0. The minimum atomic E-state index is -4.62. The third kappa shape index (κ3) is 4.08. The van der Waals surface area contributed by atoms with E-state index in [1.807, 2.05) is 0 Å². The summed E-state index contributed by atoms with van der Waals surface area (Å²) in [5.74, 6) is 0.226. The van der Waals surface area contributed by atoms with Gasteiger partial charge in [-0.05, 0) is 0 Å². The molecule has 0 amide bonds. The largest absolute Gasteiger partial charge is 0.469 e. The first-order chi connectivity index (χ1) is 10.3. The van der Waals surface area contributed by atoms with Crippen LogP contribution >= 0.6 is 7.82 Å². The van der Waals surface area contributed by atoms with Gasteiger partial charge in [0.05, 0.1) is 19.0 Å². The summed E-state index contributed by atoms with van der Waals surface area (Å²) in [7, 11) is -4.62. The van der Waals surface area contributed by atoms with Gasteiger partial charge in [0.15, 0.2) is 11.5 Å². The Bertz CT molecular complexity index is 738. The number of hydrogen-bond acceptors (Lipinski definition) is 8. The zero-order valence-corrected chi connectivity index (χ0v) is 15.1. The molecule has 2 aromatic heterocycles. The first-order valence-electron chi connectivity index (χ1n) is 6.32. The predicted octanol–water partition coefficient (Wildman–Crippen LogP) is -1.21. The molecule has 0 aliphatic carbocycles. The van der Waals surface area contributed by atoms with Crippen molar-refractivity contribution in [3.63, 3.8) is 0 Å². The monoisotopic (exact) mass is 354 g/mol. The second-order valence-corrected chi connectivity index (χ2v) is 6.04. The number of aliphatic hydroxyl groups is 1. The number of nitrogens with zero attached hydrogens (tertiary/aromatic N) is 4. The van der Waals surface area contributed by atoms with Crippen molar-refractivity contribution < 1.29 is 28.7 Å². The van der Waals surface area contributed by atoms with Crippen molar-refractivity contribution in [1.82, 2.24) is 19.5 Å². The molecule has 0 saturated carbocycles. The van der Waals surface area contributed by atoms with Crippen LogP contribution in [0, 0.1) is 0 Å². The Balaban J connectivity index is 0.00000192. The molecule has 5 N–H and O–H groups in total. The molecule has 1 fully saturated rings. The summed E-state index contributed by atoms with van der Waals surface area (Å²) in [6.07, 6.45) is 0.543. The van der Waals surface area contributed by atoms with E-state index in [2.05, 4.69) is 19.5 Å². The standard InChI is InChI=1S/C10H14N5O6P.Na/c11-9-8-10(13-3-12-9)15(4-14-8)7-1-5(16)6(21-7)2-20-22(17,18)19;/h3-7,16H,1-2H2,(H2,11,12,13)(H2,17,18,19);/t5-,6+,7+;/m0./s1. The Morgan fingerprint density at radius 1 is 1.43 bits per heavy atom. The molecule has 1 radical (unpaired) electrons. The summed E-state index contributed by atoms with van der Waals surface area (Å²) < 4.78 is 22.2. The number of phosphoric ester groups is 1. The Labute approximate surface area is 152 Å². The first-order valence-corrected chi connectivity index (χ1v) is 7.85. The van der Waals surface area contributed by atoms with Gasteiger partial charge in [0.25, 0.3) is 0 Å². The van der Waals surface area contributed by atoms with Crippen LogP contribution in [0.4, 0.5) is 5.82 Å². The molecule has 11 nitrogen and oxygen atoms in total. The molecule has 3 atom stereocenters. The second kappa shape index (κ2) is 7.09. The van der Waals surface area contributed by atoms with Gasteiger partial charge in [0.1, 0.15) is 24.2 Å². The summed E-state index contributed by atoms with van der Waals surface area (Å²) >= 11 is 0. The maximum atomic E-state index is 10.7. The van der Waals surface area contributed by atoms with Crippen LogP contribution in [0.5, 0.6) is 0 Å². The number of nitrogens with two attached hydrogens (primary N) is 1. The van der Waals surface area contributed by atoms with E-state index in [1.165, 1.54) is 12.7 Å². The van der Waals surface area contributed by atoms with Crippen molar-refractivity contribution in [2.45, 2.75) is 24.9 Å². The van der Waals surface area contributed by atoms with Crippen molar-refractivity contribution in [3.05, 3.63) is 12.7 Å². The number of imidazole rings is 1. The van der Waals surface area contributed by atoms with Crippen LogP contribution in [0.15, 0.2) is 12.7 Å². The van der Waals surface area contributed by atoms with Crippen molar-refractivity contribution >= 4 is 54.4 Å². The third-order valence-electron chi connectivity index (χ3n) is 3.31. The van der Waals surface area contributed by atoms with Gasteiger partial charge in [-0.1, -0.05) is 0 Å². The van der Waals surface area contributed by atoms with Crippen LogP contribution in [-0.4, -0.2) is 82.8 Å². The zero-order valence-electron chi connectivity index (χ0n) is 12.2. The normalized spacial score (nSPS) is 24.7. The molecule has 3 heterocycles. The number of hydrogen-bond donors (Lipinski definition) is 4. The van der Waals surface area contributed by atoms with E-state index in [-0.39, 0.29) is 41.8 Å². The molecule has 1 saturated heterocycles. The summed E-state index contributed by atoms with van der Waals surface area (Å²) in [4.78, 5) is 29.4. The Hall–Kier alpha value is -0.620.